The number of H-pyrrole nitrogens is 1. The molecule has 5 heterocycles. The van der Waals surface area contributed by atoms with Crippen LogP contribution < -0.4 is 36.1 Å². The van der Waals surface area contributed by atoms with Gasteiger partial charge in [-0.3, -0.25) is 19.3 Å². The first-order chi connectivity index (χ1) is 29.7. The highest BCUT2D eigenvalue weighted by Crippen LogP contribution is 2.40. The number of amides is 1. The zero-order valence-corrected chi connectivity index (χ0v) is 36.6. The van der Waals surface area contributed by atoms with Crippen LogP contribution in [0.4, 0.5) is 17.5 Å². The summed E-state index contributed by atoms with van der Waals surface area (Å²) in [5.74, 6) is 1.54. The summed E-state index contributed by atoms with van der Waals surface area (Å²) < 4.78 is 15.2. The van der Waals surface area contributed by atoms with Crippen LogP contribution in [0.1, 0.15) is 32.3 Å². The number of likely N-dealkylation sites (N-methyl/N-ethyl adjacent to an activating group) is 2. The molecule has 2 aromatic carbocycles. The highest BCUT2D eigenvalue weighted by Gasteiger charge is 2.35. The smallest absolute Gasteiger partial charge is 0.293 e. The highest BCUT2D eigenvalue weighted by atomic mass is 35.5. The van der Waals surface area contributed by atoms with Crippen LogP contribution in [0, 0.1) is 0 Å². The third kappa shape index (κ3) is 8.86. The van der Waals surface area contributed by atoms with Gasteiger partial charge in [0.15, 0.2) is 18.2 Å². The van der Waals surface area contributed by atoms with Crippen molar-refractivity contribution in [3.63, 3.8) is 0 Å². The fourth-order valence-corrected chi connectivity index (χ4v) is 8.26. The molecule has 1 saturated heterocycles. The fourth-order valence-electron chi connectivity index (χ4n) is 8.12. The summed E-state index contributed by atoms with van der Waals surface area (Å²) in [5.41, 5.74) is 2.96. The molecule has 1 amide bonds. The molecule has 0 bridgehead atoms. The molecule has 326 valence electrons. The molecule has 0 radical (unpaired) electrons. The molecule has 4 aromatic heterocycles. The van der Waals surface area contributed by atoms with Gasteiger partial charge in [0.05, 0.1) is 17.3 Å². The first-order valence-electron chi connectivity index (χ1n) is 20.8. The van der Waals surface area contributed by atoms with Crippen LogP contribution in [0.2, 0.25) is 5.02 Å². The van der Waals surface area contributed by atoms with E-state index in [2.05, 4.69) is 42.3 Å². The zero-order valence-electron chi connectivity index (χ0n) is 35.9. The maximum Gasteiger partial charge on any atom is 0.293 e. The van der Waals surface area contributed by atoms with Gasteiger partial charge in [0.25, 0.3) is 17.0 Å². The molecule has 0 atom stereocenters. The van der Waals surface area contributed by atoms with E-state index in [1.165, 1.54) is 11.6 Å². The summed E-state index contributed by atoms with van der Waals surface area (Å²) >= 11 is 6.57. The Morgan fingerprint density at radius 2 is 1.79 bits per heavy atom. The van der Waals surface area contributed by atoms with Gasteiger partial charge in [-0.15, -0.1) is 0 Å². The quantitative estimate of drug-likeness (QED) is 0.120. The molecule has 16 nitrogen and oxygen atoms in total. The van der Waals surface area contributed by atoms with Crippen molar-refractivity contribution in [2.24, 2.45) is 14.1 Å². The van der Waals surface area contributed by atoms with E-state index in [9.17, 15) is 19.5 Å². The van der Waals surface area contributed by atoms with E-state index in [4.69, 9.17) is 26.1 Å². The molecule has 62 heavy (non-hydrogen) atoms. The van der Waals surface area contributed by atoms with Gasteiger partial charge in [-0.05, 0) is 68.9 Å². The molecule has 0 unspecified atom stereocenters. The van der Waals surface area contributed by atoms with Crippen LogP contribution in [-0.4, -0.2) is 117 Å². The number of nitrogens with one attached hydrogen (secondary N) is 3. The number of hydrogen-bond acceptors (Lipinski definition) is 12. The summed E-state index contributed by atoms with van der Waals surface area (Å²) in [6.07, 6.45) is 7.09. The van der Waals surface area contributed by atoms with Crippen LogP contribution in [0.5, 0.6) is 11.5 Å². The Labute approximate surface area is 364 Å². The lowest BCUT2D eigenvalue weighted by atomic mass is 9.87. The first kappa shape index (κ1) is 42.7. The average Bonchev–Trinajstić information content (AvgIpc) is 3.74. The van der Waals surface area contributed by atoms with E-state index >= 15 is 0 Å². The van der Waals surface area contributed by atoms with Crippen molar-refractivity contribution in [3.05, 3.63) is 98.4 Å². The molecule has 1 aliphatic carbocycles. The second-order valence-corrected chi connectivity index (χ2v) is 17.2. The van der Waals surface area contributed by atoms with E-state index in [-0.39, 0.29) is 35.5 Å². The predicted molar refractivity (Wildman–Crippen MR) is 242 cm³/mol. The van der Waals surface area contributed by atoms with Crippen LogP contribution in [-0.2, 0) is 24.5 Å². The molecule has 1 aliphatic heterocycles. The number of anilines is 3. The van der Waals surface area contributed by atoms with Gasteiger partial charge in [-0.1, -0.05) is 17.7 Å². The standard InChI is InChI=1S/C45H53ClN10O6/c1-45(2,60)28-7-10-37(33(21-28)34-25-53(5)43(59)40-32(34)11-12-48-40)62-31-22-30(23-31)52(4)13-14-55-15-17-56(18-16-55)44-49-24-35(46)41(51-44)50-29-8-9-36-27(19-29)20-38(42(58)54(36)6)61-26-39(57)47-3/h7-12,19-21,24-25,30-31,48,60H,13-18,22-23,26H2,1-6H3,(H,47,57)(H,49,50,51). The molecule has 2 aliphatic rings. The summed E-state index contributed by atoms with van der Waals surface area (Å²) in [5, 5.41) is 18.6. The number of piperazine rings is 1. The highest BCUT2D eigenvalue weighted by molar-refractivity contribution is 6.33. The fraction of sp³-hybridized carbons (Fsp3) is 0.400. The molecular formula is C45H53ClN10O6. The second kappa shape index (κ2) is 17.4. The largest absolute Gasteiger partial charge is 0.490 e. The van der Waals surface area contributed by atoms with E-state index in [0.717, 1.165) is 85.3 Å². The number of fused-ring (bicyclic) bond motifs is 2. The number of benzene rings is 2. The van der Waals surface area contributed by atoms with Gasteiger partial charge in [0.2, 0.25) is 5.95 Å². The van der Waals surface area contributed by atoms with Crippen molar-refractivity contribution in [1.29, 1.82) is 0 Å². The zero-order chi connectivity index (χ0) is 43.9. The van der Waals surface area contributed by atoms with Gasteiger partial charge in [-0.25, -0.2) is 4.98 Å². The molecular weight excluding hydrogens is 812 g/mol. The number of aliphatic hydroxyl groups is 1. The summed E-state index contributed by atoms with van der Waals surface area (Å²) in [6, 6.07) is 15.3. The summed E-state index contributed by atoms with van der Waals surface area (Å²) in [7, 11) is 7.10. The summed E-state index contributed by atoms with van der Waals surface area (Å²) in [6.45, 7) is 8.42. The minimum Gasteiger partial charge on any atom is -0.490 e. The van der Waals surface area contributed by atoms with Crippen molar-refractivity contribution in [2.75, 3.05) is 70.2 Å². The molecule has 4 N–H and O–H groups in total. The lowest BCUT2D eigenvalue weighted by Gasteiger charge is -2.42. The molecule has 2 fully saturated rings. The number of aromatic amines is 1. The van der Waals surface area contributed by atoms with Gasteiger partial charge < -0.3 is 49.1 Å². The number of nitrogens with zero attached hydrogens (tertiary/aromatic N) is 7. The van der Waals surface area contributed by atoms with Gasteiger partial charge in [-0.2, -0.15) is 4.98 Å². The number of rotatable bonds is 14. The lowest BCUT2D eigenvalue weighted by Crippen LogP contribution is -2.52. The third-order valence-corrected chi connectivity index (χ3v) is 12.4. The minimum absolute atomic E-state index is 0.0518. The number of carbonyl (C=O) groups excluding carboxylic acids is 1. The Balaban J connectivity index is 0.845. The Hall–Kier alpha value is -5.94. The van der Waals surface area contributed by atoms with Gasteiger partial charge in [0, 0.05) is 119 Å². The number of hydrogen-bond donors (Lipinski definition) is 4. The third-order valence-electron chi connectivity index (χ3n) is 12.1. The molecule has 6 aromatic rings. The van der Waals surface area contributed by atoms with Crippen molar-refractivity contribution in [1.82, 2.24) is 39.2 Å². The van der Waals surface area contributed by atoms with Crippen molar-refractivity contribution in [3.8, 4) is 22.6 Å². The Morgan fingerprint density at radius 3 is 2.53 bits per heavy atom. The van der Waals surface area contributed by atoms with Crippen LogP contribution >= 0.6 is 11.6 Å². The number of ether oxygens (including phenoxy) is 2. The Morgan fingerprint density at radius 1 is 1.02 bits per heavy atom. The lowest BCUT2D eigenvalue weighted by molar-refractivity contribution is -0.122. The number of halogens is 1. The Kier molecular flexibility index (Phi) is 12.0. The number of carbonyl (C=O) groups is 1. The maximum absolute atomic E-state index is 12.8. The predicted octanol–water partition coefficient (Wildman–Crippen LogP) is 4.59. The monoisotopic (exact) mass is 864 g/mol. The van der Waals surface area contributed by atoms with Crippen molar-refractivity contribution in [2.45, 2.75) is 44.4 Å². The SMILES string of the molecule is CNC(=O)COc1cc2cc(Nc3nc(N4CCN(CCN(C)C5CC(Oc6ccc(C(C)(C)O)cc6-c6cn(C)c(=O)c7[nH]ccc67)C5)CC4)ncc3Cl)ccc2n(C)c1=O. The van der Waals surface area contributed by atoms with Gasteiger partial charge >= 0.3 is 0 Å². The normalized spacial score (nSPS) is 17.1. The average molecular weight is 865 g/mol. The molecule has 1 saturated carbocycles. The Bertz CT molecular complexity index is 2750. The maximum atomic E-state index is 12.8. The second-order valence-electron chi connectivity index (χ2n) is 16.8. The minimum atomic E-state index is -1.04. The molecule has 8 rings (SSSR count). The topological polar surface area (TPSA) is 175 Å². The van der Waals surface area contributed by atoms with Crippen molar-refractivity contribution < 1.29 is 19.4 Å². The van der Waals surface area contributed by atoms with Crippen LogP contribution in [0.15, 0.2) is 76.7 Å². The summed E-state index contributed by atoms with van der Waals surface area (Å²) in [4.78, 5) is 56.9. The molecule has 17 heteroatoms. The van der Waals surface area contributed by atoms with Gasteiger partial charge in [0.1, 0.15) is 22.4 Å². The number of aryl methyl sites for hydroxylation is 2. The van der Waals surface area contributed by atoms with E-state index in [0.29, 0.717) is 39.6 Å². The van der Waals surface area contributed by atoms with Crippen molar-refractivity contribution >= 4 is 56.8 Å². The first-order valence-corrected chi connectivity index (χ1v) is 21.2. The van der Waals surface area contributed by atoms with E-state index in [1.54, 1.807) is 51.0 Å². The van der Waals surface area contributed by atoms with Crippen LogP contribution in [0.3, 0.4) is 0 Å². The van der Waals surface area contributed by atoms with E-state index in [1.807, 2.05) is 48.7 Å². The van der Waals surface area contributed by atoms with Crippen LogP contribution in [0.25, 0.3) is 32.9 Å². The molecule has 0 spiro atoms. The number of pyridine rings is 2. The van der Waals surface area contributed by atoms with E-state index < -0.39 is 5.60 Å². The number of aromatic nitrogens is 5.